The second kappa shape index (κ2) is 7.97. The number of nitrogens with one attached hydrogen (secondary N) is 1. The summed E-state index contributed by atoms with van der Waals surface area (Å²) in [6.45, 7) is 4.63. The van der Waals surface area contributed by atoms with Gasteiger partial charge in [0.2, 0.25) is 5.91 Å². The molecule has 0 bridgehead atoms. The molecule has 0 saturated carbocycles. The maximum atomic E-state index is 12.1. The van der Waals surface area contributed by atoms with Gasteiger partial charge in [0.25, 0.3) is 0 Å². The molecule has 0 aliphatic rings. The summed E-state index contributed by atoms with van der Waals surface area (Å²) in [4.78, 5) is 12.1. The summed E-state index contributed by atoms with van der Waals surface area (Å²) >= 11 is 7.02. The van der Waals surface area contributed by atoms with Crippen LogP contribution in [0.2, 0.25) is 0 Å². The molecule has 3 nitrogen and oxygen atoms in total. The molecule has 23 heavy (non-hydrogen) atoms. The quantitative estimate of drug-likeness (QED) is 0.682. The summed E-state index contributed by atoms with van der Waals surface area (Å²) in [5.74, 6) is 0.0276. The van der Waals surface area contributed by atoms with E-state index in [0.717, 1.165) is 37.7 Å². The molecule has 0 unspecified atom stereocenters. The summed E-state index contributed by atoms with van der Waals surface area (Å²) in [5, 5.41) is 2.97. The Balaban J connectivity index is 1.87. The first-order valence-electron chi connectivity index (χ1n) is 7.43. The van der Waals surface area contributed by atoms with Crippen molar-refractivity contribution in [1.29, 1.82) is 0 Å². The molecular formula is C18H20Br2N2O. The molecule has 1 amide bonds. The van der Waals surface area contributed by atoms with E-state index >= 15 is 0 Å². The van der Waals surface area contributed by atoms with Crippen LogP contribution < -0.4 is 11.1 Å². The van der Waals surface area contributed by atoms with E-state index in [1.165, 1.54) is 5.56 Å². The number of rotatable bonds is 5. The van der Waals surface area contributed by atoms with E-state index in [9.17, 15) is 4.79 Å². The zero-order chi connectivity index (χ0) is 17.0. The van der Waals surface area contributed by atoms with Crippen molar-refractivity contribution in [3.05, 3.63) is 61.5 Å². The number of carbonyl (C=O) groups excluding carboxylic acids is 1. The van der Waals surface area contributed by atoms with Crippen molar-refractivity contribution >= 4 is 43.5 Å². The summed E-state index contributed by atoms with van der Waals surface area (Å²) in [6, 6.07) is 9.96. The van der Waals surface area contributed by atoms with Crippen LogP contribution >= 0.6 is 31.9 Å². The minimum Gasteiger partial charge on any atom is -0.399 e. The molecule has 0 spiro atoms. The summed E-state index contributed by atoms with van der Waals surface area (Å²) in [5.41, 5.74) is 11.0. The van der Waals surface area contributed by atoms with E-state index in [1.807, 2.05) is 38.1 Å². The molecule has 0 aromatic heterocycles. The van der Waals surface area contributed by atoms with Crippen LogP contribution in [0.5, 0.6) is 0 Å². The Morgan fingerprint density at radius 1 is 1.09 bits per heavy atom. The maximum Gasteiger partial charge on any atom is 0.224 e. The zero-order valence-corrected chi connectivity index (χ0v) is 16.4. The van der Waals surface area contributed by atoms with E-state index < -0.39 is 0 Å². The van der Waals surface area contributed by atoms with E-state index in [1.54, 1.807) is 0 Å². The number of amides is 1. The highest BCUT2D eigenvalue weighted by Gasteiger charge is 2.08. The SMILES string of the molecule is Cc1cc(CCNC(=O)Cc2cc(Br)c(C)c(Br)c2)ccc1N. The predicted octanol–water partition coefficient (Wildman–Crippen LogP) is 4.31. The highest BCUT2D eigenvalue weighted by Crippen LogP contribution is 2.26. The van der Waals surface area contributed by atoms with Gasteiger partial charge in [0.05, 0.1) is 6.42 Å². The van der Waals surface area contributed by atoms with Gasteiger partial charge in [-0.2, -0.15) is 0 Å². The number of aryl methyl sites for hydroxylation is 1. The zero-order valence-electron chi connectivity index (χ0n) is 13.2. The van der Waals surface area contributed by atoms with Crippen LogP contribution in [-0.4, -0.2) is 12.5 Å². The van der Waals surface area contributed by atoms with Crippen molar-refractivity contribution in [2.24, 2.45) is 0 Å². The standard InChI is InChI=1S/C18H20Br2N2O/c1-11-7-13(3-4-17(11)21)5-6-22-18(23)10-14-8-15(19)12(2)16(20)9-14/h3-4,7-9H,5-6,10,21H2,1-2H3,(H,22,23). The molecule has 0 aliphatic carbocycles. The third-order valence-corrected chi connectivity index (χ3v) is 5.42. The lowest BCUT2D eigenvalue weighted by molar-refractivity contribution is -0.120. The van der Waals surface area contributed by atoms with E-state index in [0.29, 0.717) is 13.0 Å². The first kappa shape index (κ1) is 18.0. The van der Waals surface area contributed by atoms with Gasteiger partial charge in [0.15, 0.2) is 0 Å². The van der Waals surface area contributed by atoms with Gasteiger partial charge in [-0.3, -0.25) is 4.79 Å². The Labute approximate surface area is 153 Å². The van der Waals surface area contributed by atoms with Crippen molar-refractivity contribution in [2.45, 2.75) is 26.7 Å². The minimum atomic E-state index is 0.0276. The fourth-order valence-corrected chi connectivity index (χ4v) is 3.57. The largest absolute Gasteiger partial charge is 0.399 e. The number of nitrogen functional groups attached to an aromatic ring is 1. The molecule has 2 aromatic carbocycles. The highest BCUT2D eigenvalue weighted by molar-refractivity contribution is 9.11. The van der Waals surface area contributed by atoms with Gasteiger partial charge in [0, 0.05) is 21.2 Å². The number of nitrogens with two attached hydrogens (primary N) is 1. The fourth-order valence-electron chi connectivity index (χ4n) is 2.29. The molecule has 5 heteroatoms. The normalized spacial score (nSPS) is 10.6. The Hall–Kier alpha value is -1.33. The number of halogens is 2. The number of hydrogen-bond acceptors (Lipinski definition) is 2. The number of benzene rings is 2. The van der Waals surface area contributed by atoms with Crippen LogP contribution in [0.3, 0.4) is 0 Å². The molecule has 0 atom stereocenters. The van der Waals surface area contributed by atoms with Gasteiger partial charge in [-0.05, 0) is 60.7 Å². The molecule has 0 aliphatic heterocycles. The van der Waals surface area contributed by atoms with Gasteiger partial charge >= 0.3 is 0 Å². The molecule has 2 rings (SSSR count). The smallest absolute Gasteiger partial charge is 0.224 e. The third-order valence-electron chi connectivity index (χ3n) is 3.78. The van der Waals surface area contributed by atoms with Gasteiger partial charge in [-0.25, -0.2) is 0 Å². The predicted molar refractivity (Wildman–Crippen MR) is 103 cm³/mol. The minimum absolute atomic E-state index is 0.0276. The van der Waals surface area contributed by atoms with Gasteiger partial charge < -0.3 is 11.1 Å². The molecule has 0 saturated heterocycles. The summed E-state index contributed by atoms with van der Waals surface area (Å²) in [6.07, 6.45) is 1.17. The van der Waals surface area contributed by atoms with Crippen LogP contribution in [0.15, 0.2) is 39.3 Å². The fraction of sp³-hybridized carbons (Fsp3) is 0.278. The summed E-state index contributed by atoms with van der Waals surface area (Å²) in [7, 11) is 0. The Kier molecular flexibility index (Phi) is 6.25. The number of hydrogen-bond donors (Lipinski definition) is 2. The monoisotopic (exact) mass is 438 g/mol. The lowest BCUT2D eigenvalue weighted by Gasteiger charge is -2.09. The van der Waals surface area contributed by atoms with Crippen LogP contribution in [0.4, 0.5) is 5.69 Å². The third kappa shape index (κ3) is 5.08. The number of anilines is 1. The summed E-state index contributed by atoms with van der Waals surface area (Å²) < 4.78 is 2.01. The second-order valence-electron chi connectivity index (χ2n) is 5.65. The molecular weight excluding hydrogens is 420 g/mol. The van der Waals surface area contributed by atoms with Crippen molar-refractivity contribution in [3.8, 4) is 0 Å². The maximum absolute atomic E-state index is 12.1. The van der Waals surface area contributed by atoms with Crippen molar-refractivity contribution < 1.29 is 4.79 Å². The first-order chi connectivity index (χ1) is 10.9. The van der Waals surface area contributed by atoms with Gasteiger partial charge in [0.1, 0.15) is 0 Å². The molecule has 2 aromatic rings. The Bertz CT molecular complexity index is 706. The van der Waals surface area contributed by atoms with Gasteiger partial charge in [-0.1, -0.05) is 44.0 Å². The molecule has 0 heterocycles. The lowest BCUT2D eigenvalue weighted by atomic mass is 10.1. The van der Waals surface area contributed by atoms with Crippen LogP contribution in [-0.2, 0) is 17.6 Å². The topological polar surface area (TPSA) is 55.1 Å². The van der Waals surface area contributed by atoms with Crippen LogP contribution in [0, 0.1) is 13.8 Å². The van der Waals surface area contributed by atoms with Crippen molar-refractivity contribution in [2.75, 3.05) is 12.3 Å². The van der Waals surface area contributed by atoms with Crippen molar-refractivity contribution in [3.63, 3.8) is 0 Å². The van der Waals surface area contributed by atoms with Crippen molar-refractivity contribution in [1.82, 2.24) is 5.32 Å². The lowest BCUT2D eigenvalue weighted by Crippen LogP contribution is -2.27. The van der Waals surface area contributed by atoms with E-state index in [2.05, 4.69) is 43.2 Å². The second-order valence-corrected chi connectivity index (χ2v) is 7.36. The molecule has 0 fully saturated rings. The van der Waals surface area contributed by atoms with Gasteiger partial charge in [-0.15, -0.1) is 0 Å². The first-order valence-corrected chi connectivity index (χ1v) is 9.01. The Morgan fingerprint density at radius 3 is 2.35 bits per heavy atom. The average Bonchev–Trinajstić information content (AvgIpc) is 2.48. The average molecular weight is 440 g/mol. The molecule has 122 valence electrons. The molecule has 0 radical (unpaired) electrons. The molecule has 3 N–H and O–H groups in total. The highest BCUT2D eigenvalue weighted by atomic mass is 79.9. The number of carbonyl (C=O) groups is 1. The van der Waals surface area contributed by atoms with E-state index in [-0.39, 0.29) is 5.91 Å². The van der Waals surface area contributed by atoms with Crippen LogP contribution in [0.1, 0.15) is 22.3 Å². The van der Waals surface area contributed by atoms with E-state index in [4.69, 9.17) is 5.73 Å². The van der Waals surface area contributed by atoms with Crippen LogP contribution in [0.25, 0.3) is 0 Å². The Morgan fingerprint density at radius 2 is 1.74 bits per heavy atom.